The Morgan fingerprint density at radius 2 is 2.12 bits per heavy atom. The average Bonchev–Trinajstić information content (AvgIpc) is 2.77. The van der Waals surface area contributed by atoms with Crippen molar-refractivity contribution in [3.8, 4) is 0 Å². The molecule has 0 radical (unpaired) electrons. The molecule has 0 saturated heterocycles. The molecule has 0 amide bonds. The molecule has 0 aliphatic heterocycles. The molecule has 0 bridgehead atoms. The molecule has 0 saturated carbocycles. The molecule has 0 aliphatic carbocycles. The summed E-state index contributed by atoms with van der Waals surface area (Å²) in [5, 5.41) is 3.72. The van der Waals surface area contributed by atoms with Crippen molar-refractivity contribution >= 4 is 22.9 Å². The number of halogens is 1. The Balaban J connectivity index is 2.27. The molecule has 0 aliphatic rings. The monoisotopic (exact) mass is 266 g/mol. The smallest absolute Gasteiger partial charge is 0.114 e. The lowest BCUT2D eigenvalue weighted by Gasteiger charge is -2.09. The van der Waals surface area contributed by atoms with Gasteiger partial charge in [-0.2, -0.15) is 0 Å². The van der Waals surface area contributed by atoms with Gasteiger partial charge in [-0.25, -0.2) is 4.98 Å². The molecule has 2 N–H and O–H groups in total. The normalized spacial score (nSPS) is 13.0. The van der Waals surface area contributed by atoms with Crippen molar-refractivity contribution in [2.45, 2.75) is 25.8 Å². The summed E-state index contributed by atoms with van der Waals surface area (Å²) in [6.45, 7) is 4.26. The predicted octanol–water partition coefficient (Wildman–Crippen LogP) is 3.97. The van der Waals surface area contributed by atoms with E-state index in [9.17, 15) is 0 Å². The van der Waals surface area contributed by atoms with Gasteiger partial charge in [0, 0.05) is 10.4 Å². The first-order valence-corrected chi connectivity index (χ1v) is 6.80. The predicted molar refractivity (Wildman–Crippen MR) is 73.7 cm³/mol. The minimum Gasteiger partial charge on any atom is -0.318 e. The van der Waals surface area contributed by atoms with Gasteiger partial charge in [-0.3, -0.25) is 0 Å². The van der Waals surface area contributed by atoms with Gasteiger partial charge in [0.05, 0.1) is 11.7 Å². The van der Waals surface area contributed by atoms with Crippen LogP contribution >= 0.6 is 22.9 Å². The largest absolute Gasteiger partial charge is 0.318 e. The number of thiazole rings is 1. The summed E-state index contributed by atoms with van der Waals surface area (Å²) < 4.78 is 0. The Morgan fingerprint density at radius 1 is 1.35 bits per heavy atom. The highest BCUT2D eigenvalue weighted by Gasteiger charge is 2.14. The van der Waals surface area contributed by atoms with Crippen molar-refractivity contribution in [1.82, 2.24) is 4.98 Å². The van der Waals surface area contributed by atoms with Gasteiger partial charge >= 0.3 is 0 Å². The maximum Gasteiger partial charge on any atom is 0.114 e. The number of nitrogens with zero attached hydrogens (tertiary/aromatic N) is 1. The van der Waals surface area contributed by atoms with Gasteiger partial charge < -0.3 is 5.73 Å². The van der Waals surface area contributed by atoms with Crippen LogP contribution in [0.5, 0.6) is 0 Å². The van der Waals surface area contributed by atoms with Crippen LogP contribution in [0, 0.1) is 0 Å². The zero-order chi connectivity index (χ0) is 12.4. The Labute approximate surface area is 110 Å². The highest BCUT2D eigenvalue weighted by molar-refractivity contribution is 7.09. The van der Waals surface area contributed by atoms with E-state index in [4.69, 9.17) is 17.3 Å². The van der Waals surface area contributed by atoms with E-state index in [1.165, 1.54) is 0 Å². The van der Waals surface area contributed by atoms with E-state index < -0.39 is 0 Å². The summed E-state index contributed by atoms with van der Waals surface area (Å²) in [6.07, 6.45) is 0. The number of hydrogen-bond acceptors (Lipinski definition) is 3. The minimum atomic E-state index is -0.189. The van der Waals surface area contributed by atoms with Gasteiger partial charge in [0.1, 0.15) is 5.01 Å². The topological polar surface area (TPSA) is 38.9 Å². The number of rotatable bonds is 3. The Bertz CT molecular complexity index is 508. The van der Waals surface area contributed by atoms with E-state index in [1.807, 2.05) is 24.3 Å². The van der Waals surface area contributed by atoms with E-state index in [1.54, 1.807) is 11.3 Å². The van der Waals surface area contributed by atoms with Crippen LogP contribution < -0.4 is 5.73 Å². The zero-order valence-corrected chi connectivity index (χ0v) is 11.4. The van der Waals surface area contributed by atoms with Gasteiger partial charge in [0.2, 0.25) is 0 Å². The van der Waals surface area contributed by atoms with Crippen LogP contribution in [0.1, 0.15) is 42.1 Å². The number of hydrogen-bond donors (Lipinski definition) is 1. The highest BCUT2D eigenvalue weighted by atomic mass is 35.5. The summed E-state index contributed by atoms with van der Waals surface area (Å²) >= 11 is 7.57. The lowest BCUT2D eigenvalue weighted by molar-refractivity contribution is 0.795. The quantitative estimate of drug-likeness (QED) is 0.913. The maximum atomic E-state index is 6.19. The fourth-order valence-electron chi connectivity index (χ4n) is 1.55. The molecular weight excluding hydrogens is 252 g/mol. The first-order chi connectivity index (χ1) is 8.08. The lowest BCUT2D eigenvalue weighted by Crippen LogP contribution is -2.11. The summed E-state index contributed by atoms with van der Waals surface area (Å²) in [4.78, 5) is 4.57. The van der Waals surface area contributed by atoms with Gasteiger partial charge in [0.25, 0.3) is 0 Å². The summed E-state index contributed by atoms with van der Waals surface area (Å²) in [7, 11) is 0. The van der Waals surface area contributed by atoms with Crippen LogP contribution in [0.2, 0.25) is 5.02 Å². The van der Waals surface area contributed by atoms with E-state index in [0.29, 0.717) is 10.9 Å². The van der Waals surface area contributed by atoms with Crippen molar-refractivity contribution in [2.24, 2.45) is 5.73 Å². The molecule has 2 aromatic rings. The number of benzene rings is 1. The Kier molecular flexibility index (Phi) is 3.82. The molecule has 2 nitrogen and oxygen atoms in total. The van der Waals surface area contributed by atoms with Crippen molar-refractivity contribution in [3.05, 3.63) is 50.9 Å². The van der Waals surface area contributed by atoms with Crippen LogP contribution in [0.4, 0.5) is 0 Å². The molecule has 0 fully saturated rings. The van der Waals surface area contributed by atoms with E-state index in [0.717, 1.165) is 16.3 Å². The lowest BCUT2D eigenvalue weighted by atomic mass is 10.1. The Morgan fingerprint density at radius 3 is 2.71 bits per heavy atom. The van der Waals surface area contributed by atoms with Gasteiger partial charge in [-0.05, 0) is 23.6 Å². The summed E-state index contributed by atoms with van der Waals surface area (Å²) in [5.41, 5.74) is 8.29. The average molecular weight is 267 g/mol. The van der Waals surface area contributed by atoms with Crippen LogP contribution in [-0.4, -0.2) is 4.98 Å². The summed E-state index contributed by atoms with van der Waals surface area (Å²) in [6, 6.07) is 7.44. The first-order valence-electron chi connectivity index (χ1n) is 5.54. The van der Waals surface area contributed by atoms with Crippen molar-refractivity contribution < 1.29 is 0 Å². The van der Waals surface area contributed by atoms with E-state index >= 15 is 0 Å². The molecule has 1 atom stereocenters. The van der Waals surface area contributed by atoms with Crippen LogP contribution in [0.15, 0.2) is 29.6 Å². The third kappa shape index (κ3) is 2.86. The molecule has 1 aromatic heterocycles. The van der Waals surface area contributed by atoms with Gasteiger partial charge in [0.15, 0.2) is 0 Å². The van der Waals surface area contributed by atoms with Crippen LogP contribution in [0.3, 0.4) is 0 Å². The Hall–Kier alpha value is -0.900. The second-order valence-electron chi connectivity index (χ2n) is 4.30. The minimum absolute atomic E-state index is 0.189. The third-order valence-electron chi connectivity index (χ3n) is 2.61. The molecular formula is C13H15ClN2S. The molecule has 0 spiro atoms. The molecule has 1 aromatic carbocycles. The van der Waals surface area contributed by atoms with Crippen molar-refractivity contribution in [2.75, 3.05) is 0 Å². The second kappa shape index (κ2) is 5.17. The molecule has 90 valence electrons. The molecule has 4 heteroatoms. The van der Waals surface area contributed by atoms with E-state index in [-0.39, 0.29) is 6.04 Å². The first kappa shape index (κ1) is 12.6. The molecule has 1 heterocycles. The van der Waals surface area contributed by atoms with Crippen LogP contribution in [-0.2, 0) is 0 Å². The highest BCUT2D eigenvalue weighted by Crippen LogP contribution is 2.26. The molecule has 2 rings (SSSR count). The van der Waals surface area contributed by atoms with E-state index in [2.05, 4.69) is 24.2 Å². The van der Waals surface area contributed by atoms with Crippen molar-refractivity contribution in [3.63, 3.8) is 0 Å². The summed E-state index contributed by atoms with van der Waals surface area (Å²) in [5.74, 6) is 0.437. The fourth-order valence-corrected chi connectivity index (χ4v) is 2.76. The fraction of sp³-hybridized carbons (Fsp3) is 0.308. The maximum absolute atomic E-state index is 6.19. The number of aromatic nitrogens is 1. The second-order valence-corrected chi connectivity index (χ2v) is 5.62. The zero-order valence-electron chi connectivity index (χ0n) is 9.85. The van der Waals surface area contributed by atoms with Gasteiger partial charge in [-0.15, -0.1) is 11.3 Å². The molecule has 17 heavy (non-hydrogen) atoms. The van der Waals surface area contributed by atoms with Crippen LogP contribution in [0.25, 0.3) is 0 Å². The standard InChI is InChI=1S/C13H15ClN2S/c1-8(2)11-7-17-13(16-11)12(15)9-4-3-5-10(14)6-9/h3-8,12H,15H2,1-2H3. The van der Waals surface area contributed by atoms with Crippen molar-refractivity contribution in [1.29, 1.82) is 0 Å². The number of nitrogens with two attached hydrogens (primary N) is 1. The SMILES string of the molecule is CC(C)c1csc(C(N)c2cccc(Cl)c2)n1. The van der Waals surface area contributed by atoms with Gasteiger partial charge in [-0.1, -0.05) is 37.6 Å². The third-order valence-corrected chi connectivity index (χ3v) is 3.79. The molecule has 1 unspecified atom stereocenters.